The number of hydrogen-bond donors (Lipinski definition) is 0. The molecule has 0 unspecified atom stereocenters. The first kappa shape index (κ1) is 21.2. The van der Waals surface area contributed by atoms with Crippen LogP contribution >= 0.6 is 11.3 Å². The van der Waals surface area contributed by atoms with E-state index in [2.05, 4.69) is 4.98 Å². The first-order valence-corrected chi connectivity index (χ1v) is 11.5. The van der Waals surface area contributed by atoms with Gasteiger partial charge in [0.1, 0.15) is 11.6 Å². The quantitative estimate of drug-likeness (QED) is 0.397. The van der Waals surface area contributed by atoms with Crippen molar-refractivity contribution >= 4 is 43.6 Å². The Morgan fingerprint density at radius 2 is 1.79 bits per heavy atom. The van der Waals surface area contributed by atoms with E-state index < -0.39 is 16.0 Å². The second kappa shape index (κ2) is 9.30. The van der Waals surface area contributed by atoms with Gasteiger partial charge in [-0.25, -0.2) is 18.2 Å². The molecular weight excluding hydrogens is 408 g/mol. The van der Waals surface area contributed by atoms with Crippen LogP contribution in [0.25, 0.3) is 16.3 Å². The average molecular weight is 431 g/mol. The Bertz CT molecular complexity index is 1080. The Morgan fingerprint density at radius 1 is 1.10 bits per heavy atom. The maximum atomic E-state index is 12.5. The van der Waals surface area contributed by atoms with E-state index in [0.717, 1.165) is 15.2 Å². The minimum Gasteiger partial charge on any atom is -0.455 e. The van der Waals surface area contributed by atoms with Crippen molar-refractivity contribution in [3.8, 4) is 0 Å². The van der Waals surface area contributed by atoms with Crippen LogP contribution in [-0.4, -0.2) is 36.8 Å². The largest absolute Gasteiger partial charge is 0.455 e. The van der Waals surface area contributed by atoms with E-state index in [0.29, 0.717) is 18.7 Å². The van der Waals surface area contributed by atoms with Gasteiger partial charge in [-0.15, -0.1) is 11.3 Å². The summed E-state index contributed by atoms with van der Waals surface area (Å²) in [4.78, 5) is 16.6. The summed E-state index contributed by atoms with van der Waals surface area (Å²) in [6, 6.07) is 14.2. The molecule has 29 heavy (non-hydrogen) atoms. The molecule has 0 atom stereocenters. The van der Waals surface area contributed by atoms with Gasteiger partial charge >= 0.3 is 5.97 Å². The van der Waals surface area contributed by atoms with Crippen molar-refractivity contribution in [3.05, 3.63) is 65.2 Å². The van der Waals surface area contributed by atoms with Crippen molar-refractivity contribution in [1.29, 1.82) is 0 Å². The summed E-state index contributed by atoms with van der Waals surface area (Å²) in [6.07, 6.45) is 2.91. The lowest BCUT2D eigenvalue weighted by molar-refractivity contribution is -0.138. The number of thiazole rings is 1. The molecule has 2 aromatic carbocycles. The number of benzene rings is 2. The molecule has 3 rings (SSSR count). The van der Waals surface area contributed by atoms with Crippen LogP contribution in [-0.2, 0) is 26.2 Å². The van der Waals surface area contributed by atoms with Crippen LogP contribution in [0.1, 0.15) is 24.4 Å². The van der Waals surface area contributed by atoms with Gasteiger partial charge in [-0.3, -0.25) is 0 Å². The first-order chi connectivity index (χ1) is 13.9. The standard InChI is InChI=1S/C21H22N2O4S2/c1-3-23(4-2)29(25,26)17-12-9-16(10-13-17)11-14-21(24)27-15-20-22-18-7-5-6-8-19(18)28-20/h5-14H,3-4,15H2,1-2H3/b14-11+. The number of para-hydroxylation sites is 1. The minimum absolute atomic E-state index is 0.115. The Labute approximate surface area is 174 Å². The van der Waals surface area contributed by atoms with Crippen LogP contribution in [0.2, 0.25) is 0 Å². The Morgan fingerprint density at radius 3 is 2.45 bits per heavy atom. The van der Waals surface area contributed by atoms with Crippen molar-refractivity contribution in [2.24, 2.45) is 0 Å². The third-order valence-corrected chi connectivity index (χ3v) is 7.39. The van der Waals surface area contributed by atoms with E-state index >= 15 is 0 Å². The molecule has 0 radical (unpaired) electrons. The van der Waals surface area contributed by atoms with E-state index in [9.17, 15) is 13.2 Å². The minimum atomic E-state index is -3.49. The molecule has 0 aliphatic rings. The molecule has 0 amide bonds. The molecule has 0 aliphatic heterocycles. The number of ether oxygens (including phenoxy) is 1. The van der Waals surface area contributed by atoms with Crippen LogP contribution in [0.5, 0.6) is 0 Å². The zero-order valence-electron chi connectivity index (χ0n) is 16.2. The molecule has 0 spiro atoms. The predicted molar refractivity (Wildman–Crippen MR) is 115 cm³/mol. The number of carbonyl (C=O) groups excluding carboxylic acids is 1. The molecule has 0 bridgehead atoms. The Kier molecular flexibility index (Phi) is 6.79. The fraction of sp³-hybridized carbons (Fsp3) is 0.238. The molecule has 8 heteroatoms. The van der Waals surface area contributed by atoms with Crippen LogP contribution in [0.3, 0.4) is 0 Å². The van der Waals surface area contributed by atoms with Gasteiger partial charge in [0.05, 0.1) is 15.1 Å². The van der Waals surface area contributed by atoms with Crippen molar-refractivity contribution in [3.63, 3.8) is 0 Å². The monoisotopic (exact) mass is 430 g/mol. The molecule has 0 saturated carbocycles. The van der Waals surface area contributed by atoms with Gasteiger partial charge in [0.2, 0.25) is 10.0 Å². The van der Waals surface area contributed by atoms with E-state index in [1.54, 1.807) is 44.2 Å². The molecule has 152 valence electrons. The van der Waals surface area contributed by atoms with Crippen molar-refractivity contribution < 1.29 is 17.9 Å². The molecule has 6 nitrogen and oxygen atoms in total. The SMILES string of the molecule is CCN(CC)S(=O)(=O)c1ccc(/C=C/C(=O)OCc2nc3ccccc3s2)cc1. The number of fused-ring (bicyclic) bond motifs is 1. The maximum Gasteiger partial charge on any atom is 0.331 e. The summed E-state index contributed by atoms with van der Waals surface area (Å²) in [6.45, 7) is 4.56. The number of aromatic nitrogens is 1. The van der Waals surface area contributed by atoms with Gasteiger partial charge in [-0.2, -0.15) is 4.31 Å². The summed E-state index contributed by atoms with van der Waals surface area (Å²) in [5.41, 5.74) is 1.60. The van der Waals surface area contributed by atoms with Crippen LogP contribution in [0.4, 0.5) is 0 Å². The second-order valence-corrected chi connectivity index (χ2v) is 9.23. The number of rotatable bonds is 8. The summed E-state index contributed by atoms with van der Waals surface area (Å²) < 4.78 is 32.7. The molecule has 0 saturated heterocycles. The normalized spacial score (nSPS) is 12.1. The third kappa shape index (κ3) is 5.09. The topological polar surface area (TPSA) is 76.6 Å². The summed E-state index contributed by atoms with van der Waals surface area (Å²) >= 11 is 1.49. The van der Waals surface area contributed by atoms with Gasteiger partial charge < -0.3 is 4.74 Å². The summed E-state index contributed by atoms with van der Waals surface area (Å²) in [7, 11) is -3.49. The highest BCUT2D eigenvalue weighted by molar-refractivity contribution is 7.89. The molecule has 0 N–H and O–H groups in total. The number of carbonyl (C=O) groups is 1. The van der Waals surface area contributed by atoms with Crippen molar-refractivity contribution in [2.75, 3.05) is 13.1 Å². The maximum absolute atomic E-state index is 12.5. The van der Waals surface area contributed by atoms with E-state index in [1.807, 2.05) is 24.3 Å². The zero-order chi connectivity index (χ0) is 20.9. The van der Waals surface area contributed by atoms with E-state index in [-0.39, 0.29) is 11.5 Å². The molecule has 1 heterocycles. The van der Waals surface area contributed by atoms with Crippen LogP contribution in [0.15, 0.2) is 59.5 Å². The number of sulfonamides is 1. The lowest BCUT2D eigenvalue weighted by Gasteiger charge is -2.18. The van der Waals surface area contributed by atoms with Gasteiger partial charge in [0.25, 0.3) is 0 Å². The summed E-state index contributed by atoms with van der Waals surface area (Å²) in [5.74, 6) is -0.482. The Balaban J connectivity index is 1.60. The van der Waals surface area contributed by atoms with E-state index in [4.69, 9.17) is 4.74 Å². The van der Waals surface area contributed by atoms with Crippen molar-refractivity contribution in [1.82, 2.24) is 9.29 Å². The highest BCUT2D eigenvalue weighted by Gasteiger charge is 2.20. The highest BCUT2D eigenvalue weighted by atomic mass is 32.2. The average Bonchev–Trinajstić information content (AvgIpc) is 3.15. The van der Waals surface area contributed by atoms with Crippen LogP contribution < -0.4 is 0 Å². The molecule has 0 aliphatic carbocycles. The van der Waals surface area contributed by atoms with Gasteiger partial charge in [-0.05, 0) is 35.9 Å². The van der Waals surface area contributed by atoms with Gasteiger partial charge in [0, 0.05) is 19.2 Å². The van der Waals surface area contributed by atoms with Crippen molar-refractivity contribution in [2.45, 2.75) is 25.3 Å². The lowest BCUT2D eigenvalue weighted by Crippen LogP contribution is -2.30. The number of esters is 1. The highest BCUT2D eigenvalue weighted by Crippen LogP contribution is 2.22. The molecule has 1 aromatic heterocycles. The lowest BCUT2D eigenvalue weighted by atomic mass is 10.2. The zero-order valence-corrected chi connectivity index (χ0v) is 17.9. The first-order valence-electron chi connectivity index (χ1n) is 9.23. The second-order valence-electron chi connectivity index (χ2n) is 6.17. The fourth-order valence-corrected chi connectivity index (χ4v) is 5.13. The van der Waals surface area contributed by atoms with Gasteiger partial charge in [-0.1, -0.05) is 38.1 Å². The van der Waals surface area contributed by atoms with Crippen LogP contribution in [0, 0.1) is 0 Å². The number of nitrogens with zero attached hydrogens (tertiary/aromatic N) is 2. The summed E-state index contributed by atoms with van der Waals surface area (Å²) in [5, 5.41) is 0.735. The Hall–Kier alpha value is -2.55. The molecule has 3 aromatic rings. The van der Waals surface area contributed by atoms with Gasteiger partial charge in [0.15, 0.2) is 0 Å². The molecule has 0 fully saturated rings. The predicted octanol–water partition coefficient (Wildman–Crippen LogP) is 4.08. The molecular formula is C21H22N2O4S2. The fourth-order valence-electron chi connectivity index (χ4n) is 2.79. The number of hydrogen-bond acceptors (Lipinski definition) is 6. The third-order valence-electron chi connectivity index (χ3n) is 4.31. The smallest absolute Gasteiger partial charge is 0.331 e. The van der Waals surface area contributed by atoms with E-state index in [1.165, 1.54) is 21.7 Å².